The van der Waals surface area contributed by atoms with E-state index in [4.69, 9.17) is 9.84 Å². The maximum Gasteiger partial charge on any atom is 0.0626 e. The molecule has 2 atom stereocenters. The largest absolute Gasteiger partial charge is 0.396 e. The van der Waals surface area contributed by atoms with Crippen LogP contribution < -0.4 is 0 Å². The van der Waals surface area contributed by atoms with E-state index >= 15 is 0 Å². The zero-order valence-corrected chi connectivity index (χ0v) is 16.0. The van der Waals surface area contributed by atoms with Crippen LogP contribution in [0.2, 0.25) is 0 Å². The van der Waals surface area contributed by atoms with Crippen LogP contribution in [-0.2, 0) is 4.74 Å². The van der Waals surface area contributed by atoms with Crippen LogP contribution >= 0.6 is 0 Å². The molecule has 0 heterocycles. The minimum absolute atomic E-state index is 0.0153. The van der Waals surface area contributed by atoms with Crippen molar-refractivity contribution in [1.29, 1.82) is 0 Å². The first-order valence-electron chi connectivity index (χ1n) is 9.15. The van der Waals surface area contributed by atoms with Crippen LogP contribution in [0.4, 0.5) is 0 Å². The van der Waals surface area contributed by atoms with E-state index in [9.17, 15) is 0 Å². The average molecular weight is 313 g/mol. The minimum Gasteiger partial charge on any atom is -0.396 e. The molecule has 2 nitrogen and oxygen atoms in total. The number of aliphatic hydroxyl groups excluding tert-OH is 1. The summed E-state index contributed by atoms with van der Waals surface area (Å²) in [5, 5.41) is 8.93. The number of hydrogen-bond acceptors (Lipinski definition) is 2. The lowest BCUT2D eigenvalue weighted by Gasteiger charge is -2.26. The molecule has 22 heavy (non-hydrogen) atoms. The maximum atomic E-state index is 8.93. The molecule has 0 aliphatic carbocycles. The molecule has 0 fully saturated rings. The van der Waals surface area contributed by atoms with E-state index in [1.807, 2.05) is 0 Å². The van der Waals surface area contributed by atoms with Gasteiger partial charge in [0.25, 0.3) is 0 Å². The first-order valence-corrected chi connectivity index (χ1v) is 9.15. The Hall–Kier alpha value is -0.340. The van der Waals surface area contributed by atoms with E-state index in [1.54, 1.807) is 0 Å². The van der Waals surface area contributed by atoms with Crippen molar-refractivity contribution in [3.63, 3.8) is 0 Å². The number of aliphatic hydroxyl groups is 1. The monoisotopic (exact) mass is 312 g/mol. The molecule has 0 saturated heterocycles. The van der Waals surface area contributed by atoms with Crippen molar-refractivity contribution in [2.75, 3.05) is 13.2 Å². The topological polar surface area (TPSA) is 29.5 Å². The molecule has 0 aromatic heterocycles. The number of hydrogen-bond donors (Lipinski definition) is 1. The molecule has 0 bridgehead atoms. The zero-order chi connectivity index (χ0) is 17.0. The highest BCUT2D eigenvalue weighted by molar-refractivity contribution is 4.92. The van der Waals surface area contributed by atoms with Crippen molar-refractivity contribution in [1.82, 2.24) is 0 Å². The summed E-state index contributed by atoms with van der Waals surface area (Å²) in [6.07, 6.45) is 10.3. The van der Waals surface area contributed by atoms with Crippen LogP contribution in [0.5, 0.6) is 0 Å². The van der Waals surface area contributed by atoms with E-state index in [0.29, 0.717) is 12.5 Å². The molecule has 0 aromatic rings. The van der Waals surface area contributed by atoms with Gasteiger partial charge in [-0.3, -0.25) is 0 Å². The number of rotatable bonds is 13. The van der Waals surface area contributed by atoms with Crippen LogP contribution in [0, 0.1) is 11.8 Å². The molecule has 132 valence electrons. The molecule has 2 heteroatoms. The van der Waals surface area contributed by atoms with Crippen LogP contribution in [0.3, 0.4) is 0 Å². The van der Waals surface area contributed by atoms with Gasteiger partial charge < -0.3 is 9.84 Å². The van der Waals surface area contributed by atoms with Crippen molar-refractivity contribution in [2.45, 2.75) is 92.1 Å². The normalized spacial score (nSPS) is 14.7. The second-order valence-electron chi connectivity index (χ2n) is 7.87. The molecule has 0 amide bonds. The average Bonchev–Trinajstić information content (AvgIpc) is 2.38. The van der Waals surface area contributed by atoms with Gasteiger partial charge in [0.15, 0.2) is 0 Å². The minimum atomic E-state index is -0.0153. The van der Waals surface area contributed by atoms with E-state index in [0.717, 1.165) is 31.8 Å². The van der Waals surface area contributed by atoms with Crippen molar-refractivity contribution in [3.8, 4) is 0 Å². The number of allylic oxidation sites excluding steroid dienone is 2. The fraction of sp³-hybridized carbons (Fsp3) is 0.900. The van der Waals surface area contributed by atoms with Gasteiger partial charge in [0.1, 0.15) is 0 Å². The lowest BCUT2D eigenvalue weighted by Crippen LogP contribution is -2.25. The molecule has 0 aromatic carbocycles. The van der Waals surface area contributed by atoms with Crippen molar-refractivity contribution >= 4 is 0 Å². The van der Waals surface area contributed by atoms with Gasteiger partial charge in [-0.2, -0.15) is 0 Å². The van der Waals surface area contributed by atoms with Gasteiger partial charge in [-0.05, 0) is 71.6 Å². The summed E-state index contributed by atoms with van der Waals surface area (Å²) >= 11 is 0. The smallest absolute Gasteiger partial charge is 0.0626 e. The predicted molar refractivity (Wildman–Crippen MR) is 97.2 cm³/mol. The predicted octanol–water partition coefficient (Wildman–Crippen LogP) is 5.74. The Bertz CT molecular complexity index is 290. The van der Waals surface area contributed by atoms with E-state index in [1.165, 1.54) is 31.3 Å². The zero-order valence-electron chi connectivity index (χ0n) is 16.0. The Kier molecular flexibility index (Phi) is 11.9. The summed E-state index contributed by atoms with van der Waals surface area (Å²) in [5.74, 6) is 1.35. The highest BCUT2D eigenvalue weighted by atomic mass is 16.5. The molecule has 0 unspecified atom stereocenters. The first-order chi connectivity index (χ1) is 10.3. The highest BCUT2D eigenvalue weighted by Crippen LogP contribution is 2.22. The first kappa shape index (κ1) is 21.7. The van der Waals surface area contributed by atoms with Crippen molar-refractivity contribution in [2.24, 2.45) is 11.8 Å². The fourth-order valence-electron chi connectivity index (χ4n) is 2.65. The fourth-order valence-corrected chi connectivity index (χ4v) is 2.65. The van der Waals surface area contributed by atoms with E-state index in [-0.39, 0.29) is 5.60 Å². The SMILES string of the molecule is CC(C)=CCC[C@@H](C)CCOC(C)(C)CCC[C@@H](C)CCO. The van der Waals surface area contributed by atoms with Crippen LogP contribution in [0.15, 0.2) is 11.6 Å². The Balaban J connectivity index is 3.76. The van der Waals surface area contributed by atoms with Gasteiger partial charge in [0.2, 0.25) is 0 Å². The van der Waals surface area contributed by atoms with Gasteiger partial charge in [-0.1, -0.05) is 38.3 Å². The van der Waals surface area contributed by atoms with Gasteiger partial charge in [-0.15, -0.1) is 0 Å². The van der Waals surface area contributed by atoms with Gasteiger partial charge in [0.05, 0.1) is 5.60 Å². The highest BCUT2D eigenvalue weighted by Gasteiger charge is 2.18. The summed E-state index contributed by atoms with van der Waals surface area (Å²) < 4.78 is 6.10. The molecule has 0 rings (SSSR count). The molecule has 0 saturated carbocycles. The summed E-state index contributed by atoms with van der Waals surface area (Å²) in [7, 11) is 0. The molecular weight excluding hydrogens is 272 g/mol. The Labute approximate surface area is 139 Å². The van der Waals surface area contributed by atoms with Gasteiger partial charge in [0, 0.05) is 13.2 Å². The molecular formula is C20H40O2. The molecule has 0 radical (unpaired) electrons. The molecule has 0 aliphatic heterocycles. The Morgan fingerprint density at radius 2 is 1.68 bits per heavy atom. The second-order valence-corrected chi connectivity index (χ2v) is 7.87. The van der Waals surface area contributed by atoms with E-state index < -0.39 is 0 Å². The quantitative estimate of drug-likeness (QED) is 0.439. The molecule has 0 spiro atoms. The standard InChI is InChI=1S/C20H40O2/c1-17(2)9-7-10-19(4)13-16-22-20(5,6)14-8-11-18(3)12-15-21/h9,18-19,21H,7-8,10-16H2,1-6H3/t18-,19-/m1/s1. The summed E-state index contributed by atoms with van der Waals surface area (Å²) in [5.41, 5.74) is 1.40. The van der Waals surface area contributed by atoms with Crippen LogP contribution in [0.1, 0.15) is 86.5 Å². The Morgan fingerprint density at radius 3 is 2.27 bits per heavy atom. The van der Waals surface area contributed by atoms with Crippen LogP contribution in [-0.4, -0.2) is 23.9 Å². The lowest BCUT2D eigenvalue weighted by molar-refractivity contribution is -0.0306. The Morgan fingerprint density at radius 1 is 1.05 bits per heavy atom. The molecule has 1 N–H and O–H groups in total. The maximum absolute atomic E-state index is 8.93. The van der Waals surface area contributed by atoms with Gasteiger partial charge in [-0.25, -0.2) is 0 Å². The third kappa shape index (κ3) is 13.3. The number of ether oxygens (including phenoxy) is 1. The lowest BCUT2D eigenvalue weighted by atomic mass is 9.95. The summed E-state index contributed by atoms with van der Waals surface area (Å²) in [6.45, 7) is 14.5. The third-order valence-electron chi connectivity index (χ3n) is 4.41. The van der Waals surface area contributed by atoms with Crippen molar-refractivity contribution in [3.05, 3.63) is 11.6 Å². The van der Waals surface area contributed by atoms with Gasteiger partial charge >= 0.3 is 0 Å². The molecule has 0 aliphatic rings. The third-order valence-corrected chi connectivity index (χ3v) is 4.41. The van der Waals surface area contributed by atoms with Crippen LogP contribution in [0.25, 0.3) is 0 Å². The summed E-state index contributed by atoms with van der Waals surface area (Å²) in [4.78, 5) is 0. The summed E-state index contributed by atoms with van der Waals surface area (Å²) in [6, 6.07) is 0. The van der Waals surface area contributed by atoms with E-state index in [2.05, 4.69) is 47.6 Å². The second kappa shape index (κ2) is 12.1. The van der Waals surface area contributed by atoms with Crippen molar-refractivity contribution < 1.29 is 9.84 Å².